The second-order valence-corrected chi connectivity index (χ2v) is 1.78. The summed E-state index contributed by atoms with van der Waals surface area (Å²) in [6.45, 7) is 0. The Morgan fingerprint density at radius 1 is 1.40 bits per heavy atom. The van der Waals surface area contributed by atoms with E-state index in [1.165, 1.54) is 0 Å². The molecule has 0 aliphatic heterocycles. The molecular weight excluding hydrogens is 132 g/mol. The van der Waals surface area contributed by atoms with Gasteiger partial charge in [0.1, 0.15) is 0 Å². The van der Waals surface area contributed by atoms with Crippen LogP contribution in [0.1, 0.15) is 10.4 Å². The Hall–Kier alpha value is -1.51. The highest BCUT2D eigenvalue weighted by atomic mass is 16.3. The average Bonchev–Trinajstić information content (AvgIpc) is 1.95. The maximum absolute atomic E-state index is 10.0. The molecule has 0 saturated heterocycles. The van der Waals surface area contributed by atoms with Gasteiger partial charge in [-0.05, 0) is 18.2 Å². The van der Waals surface area contributed by atoms with Gasteiger partial charge in [-0.25, -0.2) is 0 Å². The second kappa shape index (κ2) is 2.39. The van der Waals surface area contributed by atoms with Crippen LogP contribution in [0.25, 0.3) is 0 Å². The summed E-state index contributed by atoms with van der Waals surface area (Å²) in [7, 11) is 0. The van der Waals surface area contributed by atoms with Gasteiger partial charge in [-0.15, -0.1) is 0 Å². The molecule has 0 fully saturated rings. The van der Waals surface area contributed by atoms with Gasteiger partial charge in [0, 0.05) is 5.56 Å². The molecule has 0 aliphatic carbocycles. The number of hydrogen-bond acceptors (Lipinski definition) is 3. The van der Waals surface area contributed by atoms with Crippen LogP contribution in [0.2, 0.25) is 0 Å². The van der Waals surface area contributed by atoms with E-state index in [0.29, 0.717) is 6.29 Å². The first-order chi connectivity index (χ1) is 4.74. The summed E-state index contributed by atoms with van der Waals surface area (Å²) >= 11 is 0. The van der Waals surface area contributed by atoms with E-state index in [0.717, 1.165) is 12.1 Å². The lowest BCUT2D eigenvalue weighted by Crippen LogP contribution is -1.78. The summed E-state index contributed by atoms with van der Waals surface area (Å²) in [6.07, 6.45) is 0.541. The van der Waals surface area contributed by atoms with E-state index in [1.807, 2.05) is 0 Å². The van der Waals surface area contributed by atoms with Crippen LogP contribution in [-0.2, 0) is 0 Å². The van der Waals surface area contributed by atoms with Crippen LogP contribution in [0.15, 0.2) is 12.1 Å². The average molecular weight is 137 g/mol. The first-order valence-corrected chi connectivity index (χ1v) is 2.63. The number of phenols is 2. The predicted molar refractivity (Wildman–Crippen MR) is 34.0 cm³/mol. The van der Waals surface area contributed by atoms with Crippen molar-refractivity contribution < 1.29 is 15.0 Å². The van der Waals surface area contributed by atoms with Crippen LogP contribution in [0.3, 0.4) is 0 Å². The lowest BCUT2D eigenvalue weighted by Gasteiger charge is -1.94. The van der Waals surface area contributed by atoms with Crippen molar-refractivity contribution in [1.82, 2.24) is 0 Å². The Balaban J connectivity index is 3.16. The molecule has 0 saturated carbocycles. The molecular formula is C7H5O3. The molecule has 0 amide bonds. The topological polar surface area (TPSA) is 57.5 Å². The molecule has 0 spiro atoms. The highest BCUT2D eigenvalue weighted by Gasteiger charge is 1.98. The van der Waals surface area contributed by atoms with Gasteiger partial charge in [0.2, 0.25) is 0 Å². The Bertz CT molecular complexity index is 255. The number of carbonyl (C=O) groups excluding carboxylic acids is 1. The third-order valence-electron chi connectivity index (χ3n) is 1.06. The monoisotopic (exact) mass is 137 g/mol. The molecule has 0 aromatic heterocycles. The zero-order chi connectivity index (χ0) is 7.56. The van der Waals surface area contributed by atoms with E-state index in [-0.39, 0.29) is 17.1 Å². The summed E-state index contributed by atoms with van der Waals surface area (Å²) in [5, 5.41) is 17.5. The Morgan fingerprint density at radius 2 is 2.10 bits per heavy atom. The van der Waals surface area contributed by atoms with Gasteiger partial charge < -0.3 is 10.2 Å². The third-order valence-corrected chi connectivity index (χ3v) is 1.06. The van der Waals surface area contributed by atoms with Gasteiger partial charge in [-0.1, -0.05) is 0 Å². The molecule has 1 aromatic rings. The summed E-state index contributed by atoms with van der Waals surface area (Å²) in [6, 6.07) is 4.73. The fourth-order valence-corrected chi connectivity index (χ4v) is 0.557. The number of hydrogen-bond donors (Lipinski definition) is 2. The van der Waals surface area contributed by atoms with Crippen molar-refractivity contribution in [2.75, 3.05) is 0 Å². The number of phenolic OH excluding ortho intramolecular Hbond substituents is 2. The van der Waals surface area contributed by atoms with Crippen molar-refractivity contribution in [2.24, 2.45) is 0 Å². The van der Waals surface area contributed by atoms with Gasteiger partial charge in [0.15, 0.2) is 17.8 Å². The van der Waals surface area contributed by atoms with Crippen molar-refractivity contribution in [3.05, 3.63) is 23.8 Å². The van der Waals surface area contributed by atoms with Gasteiger partial charge in [-0.3, -0.25) is 4.79 Å². The van der Waals surface area contributed by atoms with Crippen molar-refractivity contribution in [3.63, 3.8) is 0 Å². The van der Waals surface area contributed by atoms with Crippen LogP contribution in [0, 0.1) is 6.07 Å². The Morgan fingerprint density at radius 3 is 2.60 bits per heavy atom. The summed E-state index contributed by atoms with van der Waals surface area (Å²) in [5.74, 6) is -0.577. The number of aldehydes is 1. The minimum atomic E-state index is -0.305. The summed E-state index contributed by atoms with van der Waals surface area (Å²) in [5.41, 5.74) is 0.218. The van der Waals surface area contributed by atoms with E-state index in [2.05, 4.69) is 6.07 Å². The molecule has 2 N–H and O–H groups in total. The molecule has 10 heavy (non-hydrogen) atoms. The number of rotatable bonds is 1. The van der Waals surface area contributed by atoms with Gasteiger partial charge in [0.25, 0.3) is 0 Å². The molecule has 0 bridgehead atoms. The largest absolute Gasteiger partial charge is 0.504 e. The molecule has 0 unspecified atom stereocenters. The second-order valence-electron chi connectivity index (χ2n) is 1.78. The third kappa shape index (κ3) is 1.07. The molecule has 0 aliphatic rings. The van der Waals surface area contributed by atoms with Crippen molar-refractivity contribution >= 4 is 6.29 Å². The lowest BCUT2D eigenvalue weighted by molar-refractivity contribution is 0.112. The summed E-state index contributed by atoms with van der Waals surface area (Å²) < 4.78 is 0. The van der Waals surface area contributed by atoms with E-state index in [9.17, 15) is 4.79 Å². The molecule has 1 aromatic carbocycles. The van der Waals surface area contributed by atoms with E-state index < -0.39 is 0 Å². The SMILES string of the molecule is O=Cc1[c]cc(O)c(O)c1. The highest BCUT2D eigenvalue weighted by molar-refractivity contribution is 5.75. The van der Waals surface area contributed by atoms with Crippen LogP contribution in [0.5, 0.6) is 11.5 Å². The van der Waals surface area contributed by atoms with Gasteiger partial charge in [0.05, 0.1) is 0 Å². The Kier molecular flexibility index (Phi) is 1.58. The van der Waals surface area contributed by atoms with Crippen molar-refractivity contribution in [2.45, 2.75) is 0 Å². The van der Waals surface area contributed by atoms with Gasteiger partial charge >= 0.3 is 0 Å². The molecule has 3 nitrogen and oxygen atoms in total. The fraction of sp³-hybridized carbons (Fsp3) is 0. The number of benzene rings is 1. The number of aromatic hydroxyl groups is 2. The molecule has 1 rings (SSSR count). The lowest BCUT2D eigenvalue weighted by atomic mass is 10.2. The smallest absolute Gasteiger partial charge is 0.158 e. The van der Waals surface area contributed by atoms with E-state index in [1.54, 1.807) is 0 Å². The van der Waals surface area contributed by atoms with E-state index >= 15 is 0 Å². The quantitative estimate of drug-likeness (QED) is 0.442. The standard InChI is InChI=1S/C7H5O3/c8-4-5-1-2-6(9)7(10)3-5/h2-4,9-10H. The molecule has 1 radical (unpaired) electrons. The maximum atomic E-state index is 10.0. The fourth-order valence-electron chi connectivity index (χ4n) is 0.557. The number of carbonyl (C=O) groups is 1. The molecule has 0 heterocycles. The zero-order valence-electron chi connectivity index (χ0n) is 5.03. The van der Waals surface area contributed by atoms with Crippen LogP contribution in [0.4, 0.5) is 0 Å². The van der Waals surface area contributed by atoms with Crippen LogP contribution in [-0.4, -0.2) is 16.5 Å². The minimum absolute atomic E-state index is 0.218. The van der Waals surface area contributed by atoms with Crippen LogP contribution >= 0.6 is 0 Å². The minimum Gasteiger partial charge on any atom is -0.504 e. The van der Waals surface area contributed by atoms with Crippen molar-refractivity contribution in [1.29, 1.82) is 0 Å². The predicted octanol–water partition coefficient (Wildman–Crippen LogP) is 0.710. The molecule has 51 valence electrons. The first kappa shape index (κ1) is 6.61. The first-order valence-electron chi connectivity index (χ1n) is 2.63. The zero-order valence-corrected chi connectivity index (χ0v) is 5.03. The van der Waals surface area contributed by atoms with E-state index in [4.69, 9.17) is 10.2 Å². The normalized spacial score (nSPS) is 9.20. The highest BCUT2D eigenvalue weighted by Crippen LogP contribution is 2.23. The Labute approximate surface area is 57.5 Å². The maximum Gasteiger partial charge on any atom is 0.158 e. The molecule has 0 atom stereocenters. The van der Waals surface area contributed by atoms with Crippen LogP contribution < -0.4 is 0 Å². The molecule has 3 heteroatoms. The summed E-state index contributed by atoms with van der Waals surface area (Å²) in [4.78, 5) is 10.0. The van der Waals surface area contributed by atoms with Crippen molar-refractivity contribution in [3.8, 4) is 11.5 Å². The van der Waals surface area contributed by atoms with Gasteiger partial charge in [-0.2, -0.15) is 0 Å².